The Morgan fingerprint density at radius 1 is 1.30 bits per heavy atom. The van der Waals surface area contributed by atoms with Crippen LogP contribution in [0, 0.1) is 0 Å². The minimum absolute atomic E-state index is 0.186. The molecule has 0 aliphatic heterocycles. The second kappa shape index (κ2) is 9.93. The Bertz CT molecular complexity index is 1150. The maximum atomic E-state index is 13.4. The third-order valence-corrected chi connectivity index (χ3v) is 4.85. The van der Waals surface area contributed by atoms with Gasteiger partial charge in [-0.25, -0.2) is 9.37 Å². The number of nitrogens with one attached hydrogen (secondary N) is 2. The van der Waals surface area contributed by atoms with Crippen LogP contribution < -0.4 is 16.0 Å². The Labute approximate surface area is 173 Å². The number of benzene rings is 2. The topological polar surface area (TPSA) is 95.1 Å². The van der Waals surface area contributed by atoms with E-state index in [9.17, 15) is 14.0 Å². The number of carbonyl (C=O) groups excluding carboxylic acids is 2. The highest BCUT2D eigenvalue weighted by Gasteiger charge is 2.16. The number of aliphatic hydroxyl groups is 1. The monoisotopic (exact) mass is 409 g/mol. The first-order valence-corrected chi connectivity index (χ1v) is 9.69. The molecule has 6 nitrogen and oxygen atoms in total. The summed E-state index contributed by atoms with van der Waals surface area (Å²) < 4.78 is 13.4. The van der Waals surface area contributed by atoms with Gasteiger partial charge in [0.2, 0.25) is 5.91 Å². The van der Waals surface area contributed by atoms with Crippen LogP contribution in [0.2, 0.25) is 0 Å². The number of hydrogen-bond donors (Lipinski definition) is 3. The molecule has 4 rings (SSSR count). The predicted molar refractivity (Wildman–Crippen MR) is 114 cm³/mol. The number of alkyl halides is 1. The number of H-pyrrole nitrogens is 1. The minimum atomic E-state index is -1.02. The van der Waals surface area contributed by atoms with Gasteiger partial charge in [0, 0.05) is 20.0 Å². The highest BCUT2D eigenvalue weighted by atomic mass is 19.1. The number of rotatable bonds is 6. The summed E-state index contributed by atoms with van der Waals surface area (Å²) in [6.45, 7) is 0. The highest BCUT2D eigenvalue weighted by Crippen LogP contribution is 2.18. The van der Waals surface area contributed by atoms with Gasteiger partial charge in [0.05, 0.1) is 23.2 Å². The Morgan fingerprint density at radius 3 is 2.87 bits per heavy atom. The van der Waals surface area contributed by atoms with E-state index in [1.165, 1.54) is 6.08 Å². The molecule has 1 aliphatic carbocycles. The molecule has 1 heterocycles. The molecule has 0 bridgehead atoms. The average Bonchev–Trinajstić information content (AvgIpc) is 3.16. The average molecular weight is 409 g/mol. The summed E-state index contributed by atoms with van der Waals surface area (Å²) in [5.74, 6) is 0.320. The molecular weight excluding hydrogens is 385 g/mol. The Kier molecular flexibility index (Phi) is 7.08. The molecule has 0 spiro atoms. The number of aromatic amines is 1. The van der Waals surface area contributed by atoms with Crippen LogP contribution in [-0.2, 0) is 22.4 Å². The molecule has 0 fully saturated rings. The van der Waals surface area contributed by atoms with E-state index in [1.807, 2.05) is 42.5 Å². The zero-order chi connectivity index (χ0) is 21.5. The standard InChI is InChI=1S/C22H20FN3O2.CH4O/c23-16-8-9-19-20(11-16)26-21(25-19)12-17(13-27)24-22(28)10-15-6-3-5-14-4-1-2-7-18(14)15;1-2/h1-7,9,11,13,16-17H,8,10,12H2,(H,24,28)(H,25,26);2H,1H3/t16?,17-;/m1./s1. The fourth-order valence-corrected chi connectivity index (χ4v) is 3.52. The zero-order valence-corrected chi connectivity index (χ0v) is 16.6. The minimum Gasteiger partial charge on any atom is -0.400 e. The van der Waals surface area contributed by atoms with Gasteiger partial charge < -0.3 is 20.2 Å². The number of fused-ring (bicyclic) bond motifs is 2. The SMILES string of the molecule is CO.O=C[C@@H](Cc1nc2c([nH]1)=CC(F)CC=2)NC(=O)Cc1cccc2ccccc12. The fraction of sp³-hybridized carbons (Fsp3) is 0.261. The van der Waals surface area contributed by atoms with Gasteiger partial charge in [0.25, 0.3) is 0 Å². The van der Waals surface area contributed by atoms with E-state index in [0.717, 1.165) is 23.4 Å². The quantitative estimate of drug-likeness (QED) is 0.528. The summed E-state index contributed by atoms with van der Waals surface area (Å²) in [5, 5.41) is 13.2. The molecule has 0 radical (unpaired) electrons. The van der Waals surface area contributed by atoms with Gasteiger partial charge in [-0.2, -0.15) is 0 Å². The van der Waals surface area contributed by atoms with Crippen molar-refractivity contribution in [2.24, 2.45) is 0 Å². The second-order valence-electron chi connectivity index (χ2n) is 6.93. The van der Waals surface area contributed by atoms with Crippen molar-refractivity contribution in [3.05, 3.63) is 64.6 Å². The van der Waals surface area contributed by atoms with Crippen LogP contribution in [0.1, 0.15) is 17.8 Å². The van der Waals surface area contributed by atoms with Crippen LogP contribution in [0.5, 0.6) is 0 Å². The normalized spacial score (nSPS) is 15.6. The first kappa shape index (κ1) is 21.4. The van der Waals surface area contributed by atoms with Gasteiger partial charge in [0.1, 0.15) is 18.3 Å². The molecule has 156 valence electrons. The molecule has 30 heavy (non-hydrogen) atoms. The van der Waals surface area contributed by atoms with Crippen molar-refractivity contribution in [2.45, 2.75) is 31.5 Å². The lowest BCUT2D eigenvalue weighted by molar-refractivity contribution is -0.123. The number of carbonyl (C=O) groups is 2. The summed E-state index contributed by atoms with van der Waals surface area (Å²) in [6, 6.07) is 13.0. The van der Waals surface area contributed by atoms with E-state index in [2.05, 4.69) is 15.3 Å². The number of imidazole rings is 1. The molecule has 1 amide bonds. The highest BCUT2D eigenvalue weighted by molar-refractivity contribution is 5.90. The molecule has 1 aliphatic rings. The number of aromatic nitrogens is 2. The van der Waals surface area contributed by atoms with Gasteiger partial charge in [-0.15, -0.1) is 0 Å². The zero-order valence-electron chi connectivity index (χ0n) is 16.6. The van der Waals surface area contributed by atoms with Crippen LogP contribution in [0.15, 0.2) is 42.5 Å². The maximum Gasteiger partial charge on any atom is 0.225 e. The van der Waals surface area contributed by atoms with E-state index < -0.39 is 12.2 Å². The van der Waals surface area contributed by atoms with E-state index in [1.54, 1.807) is 6.08 Å². The van der Waals surface area contributed by atoms with Crippen LogP contribution >= 0.6 is 0 Å². The van der Waals surface area contributed by atoms with Crippen LogP contribution in [0.3, 0.4) is 0 Å². The van der Waals surface area contributed by atoms with Crippen molar-refractivity contribution in [3.63, 3.8) is 0 Å². The Morgan fingerprint density at radius 2 is 2.07 bits per heavy atom. The maximum absolute atomic E-state index is 13.4. The van der Waals surface area contributed by atoms with Gasteiger partial charge in [0.15, 0.2) is 0 Å². The molecular formula is C23H24FN3O3. The Balaban J connectivity index is 0.00000124. The third kappa shape index (κ3) is 4.99. The molecule has 1 unspecified atom stereocenters. The van der Waals surface area contributed by atoms with Crippen LogP contribution in [0.4, 0.5) is 4.39 Å². The number of aliphatic hydroxyl groups excluding tert-OH is 1. The Hall–Kier alpha value is -3.32. The summed E-state index contributed by atoms with van der Waals surface area (Å²) in [5.41, 5.74) is 0.909. The van der Waals surface area contributed by atoms with Crippen LogP contribution in [0.25, 0.3) is 22.9 Å². The number of halogens is 1. The summed E-state index contributed by atoms with van der Waals surface area (Å²) >= 11 is 0. The largest absolute Gasteiger partial charge is 0.400 e. The first-order chi connectivity index (χ1) is 14.6. The van der Waals surface area contributed by atoms with Gasteiger partial charge in [-0.3, -0.25) is 4.79 Å². The van der Waals surface area contributed by atoms with Gasteiger partial charge >= 0.3 is 0 Å². The number of nitrogens with zero attached hydrogens (tertiary/aromatic N) is 1. The van der Waals surface area contributed by atoms with Gasteiger partial charge in [-0.05, 0) is 22.4 Å². The lowest BCUT2D eigenvalue weighted by atomic mass is 10.0. The number of amides is 1. The van der Waals surface area contributed by atoms with Crippen LogP contribution in [-0.4, -0.2) is 46.6 Å². The summed E-state index contributed by atoms with van der Waals surface area (Å²) in [7, 11) is 1.00. The second-order valence-corrected chi connectivity index (χ2v) is 6.93. The van der Waals surface area contributed by atoms with Gasteiger partial charge in [-0.1, -0.05) is 48.5 Å². The smallest absolute Gasteiger partial charge is 0.225 e. The van der Waals surface area contributed by atoms with E-state index in [4.69, 9.17) is 5.11 Å². The molecule has 3 aromatic rings. The van der Waals surface area contributed by atoms with E-state index >= 15 is 0 Å². The van der Waals surface area contributed by atoms with Crippen molar-refractivity contribution in [1.82, 2.24) is 15.3 Å². The fourth-order valence-electron chi connectivity index (χ4n) is 3.52. The molecule has 2 atom stereocenters. The molecule has 7 heteroatoms. The first-order valence-electron chi connectivity index (χ1n) is 9.69. The predicted octanol–water partition coefficient (Wildman–Crippen LogP) is 0.943. The lowest BCUT2D eigenvalue weighted by Crippen LogP contribution is -2.38. The number of aldehydes is 1. The summed E-state index contributed by atoms with van der Waals surface area (Å²) in [4.78, 5) is 31.4. The third-order valence-electron chi connectivity index (χ3n) is 4.85. The molecule has 1 aromatic heterocycles. The van der Waals surface area contributed by atoms with E-state index in [-0.39, 0.29) is 18.7 Å². The molecule has 3 N–H and O–H groups in total. The van der Waals surface area contributed by atoms with Crippen molar-refractivity contribution in [1.29, 1.82) is 0 Å². The molecule has 0 saturated heterocycles. The molecule has 2 aromatic carbocycles. The van der Waals surface area contributed by atoms with Crippen molar-refractivity contribution >= 4 is 35.1 Å². The number of hydrogen-bond acceptors (Lipinski definition) is 4. The van der Waals surface area contributed by atoms with E-state index in [0.29, 0.717) is 29.2 Å². The lowest BCUT2D eigenvalue weighted by Gasteiger charge is -2.12. The summed E-state index contributed by atoms with van der Waals surface area (Å²) in [6.07, 6.45) is 3.62. The van der Waals surface area contributed by atoms with Crippen molar-refractivity contribution < 1.29 is 19.1 Å². The van der Waals surface area contributed by atoms with Crippen molar-refractivity contribution in [2.75, 3.05) is 7.11 Å². The van der Waals surface area contributed by atoms with Crippen molar-refractivity contribution in [3.8, 4) is 0 Å². The molecule has 0 saturated carbocycles.